The summed E-state index contributed by atoms with van der Waals surface area (Å²) in [4.78, 5) is 15.3. The quantitative estimate of drug-likeness (QED) is 0.784. The summed E-state index contributed by atoms with van der Waals surface area (Å²) in [6.07, 6.45) is 0.0142. The standard InChI is InChI=1S/C13H12FNO3/c1-8-11(7-12(16)17-2)15-13(18-8)9-5-3-4-6-10(9)14/h3-6H,7H2,1-2H3. The zero-order valence-electron chi connectivity index (χ0n) is 10.1. The van der Waals surface area contributed by atoms with Crippen LogP contribution in [0.15, 0.2) is 28.7 Å². The zero-order valence-corrected chi connectivity index (χ0v) is 10.1. The second-order valence-electron chi connectivity index (χ2n) is 3.75. The second-order valence-corrected chi connectivity index (χ2v) is 3.75. The highest BCUT2D eigenvalue weighted by molar-refractivity contribution is 5.72. The van der Waals surface area contributed by atoms with Crippen molar-refractivity contribution in [3.8, 4) is 11.5 Å². The SMILES string of the molecule is COC(=O)Cc1nc(-c2ccccc2F)oc1C. The van der Waals surface area contributed by atoms with E-state index in [0.717, 1.165) is 0 Å². The summed E-state index contributed by atoms with van der Waals surface area (Å²) >= 11 is 0. The van der Waals surface area contributed by atoms with Crippen LogP contribution in [0.3, 0.4) is 0 Å². The van der Waals surface area contributed by atoms with Gasteiger partial charge in [0, 0.05) is 0 Å². The number of hydrogen-bond acceptors (Lipinski definition) is 4. The van der Waals surface area contributed by atoms with Crippen LogP contribution in [0.25, 0.3) is 11.5 Å². The molecule has 0 radical (unpaired) electrons. The summed E-state index contributed by atoms with van der Waals surface area (Å²) in [6, 6.07) is 6.18. The van der Waals surface area contributed by atoms with Gasteiger partial charge in [0.2, 0.25) is 5.89 Å². The molecule has 0 bridgehead atoms. The molecule has 94 valence electrons. The number of nitrogens with zero attached hydrogens (tertiary/aromatic N) is 1. The van der Waals surface area contributed by atoms with Gasteiger partial charge in [0.25, 0.3) is 0 Å². The minimum absolute atomic E-state index is 0.0142. The van der Waals surface area contributed by atoms with E-state index in [1.165, 1.54) is 13.2 Å². The van der Waals surface area contributed by atoms with Crippen LogP contribution in [0, 0.1) is 12.7 Å². The molecule has 2 rings (SSSR count). The van der Waals surface area contributed by atoms with Gasteiger partial charge in [-0.1, -0.05) is 12.1 Å². The molecule has 5 heteroatoms. The second kappa shape index (κ2) is 5.00. The van der Waals surface area contributed by atoms with E-state index in [1.54, 1.807) is 25.1 Å². The van der Waals surface area contributed by atoms with Crippen LogP contribution in [0.1, 0.15) is 11.5 Å². The Morgan fingerprint density at radius 3 is 2.83 bits per heavy atom. The van der Waals surface area contributed by atoms with Crippen LogP contribution >= 0.6 is 0 Å². The number of benzene rings is 1. The van der Waals surface area contributed by atoms with E-state index in [4.69, 9.17) is 4.42 Å². The van der Waals surface area contributed by atoms with E-state index in [9.17, 15) is 9.18 Å². The summed E-state index contributed by atoms with van der Waals surface area (Å²) in [5, 5.41) is 0. The van der Waals surface area contributed by atoms with Crippen molar-refractivity contribution < 1.29 is 18.3 Å². The third kappa shape index (κ3) is 2.40. The van der Waals surface area contributed by atoms with E-state index in [0.29, 0.717) is 11.5 Å². The molecule has 4 nitrogen and oxygen atoms in total. The van der Waals surface area contributed by atoms with Crippen molar-refractivity contribution in [1.29, 1.82) is 0 Å². The number of aromatic nitrogens is 1. The topological polar surface area (TPSA) is 52.3 Å². The molecule has 0 unspecified atom stereocenters. The van der Waals surface area contributed by atoms with Gasteiger partial charge >= 0.3 is 5.97 Å². The lowest BCUT2D eigenvalue weighted by molar-refractivity contribution is -0.139. The first-order chi connectivity index (χ1) is 8.61. The van der Waals surface area contributed by atoms with Gasteiger partial charge in [-0.3, -0.25) is 4.79 Å². The molecule has 18 heavy (non-hydrogen) atoms. The molecule has 2 aromatic rings. The predicted octanol–water partition coefficient (Wildman–Crippen LogP) is 2.50. The highest BCUT2D eigenvalue weighted by Gasteiger charge is 2.16. The van der Waals surface area contributed by atoms with Crippen LogP contribution in [0.2, 0.25) is 0 Å². The third-order valence-corrected chi connectivity index (χ3v) is 2.54. The first kappa shape index (κ1) is 12.3. The monoisotopic (exact) mass is 249 g/mol. The lowest BCUT2D eigenvalue weighted by Crippen LogP contribution is -2.05. The maximum atomic E-state index is 13.6. The average Bonchev–Trinajstić information content (AvgIpc) is 2.71. The number of halogens is 1. The fourth-order valence-electron chi connectivity index (χ4n) is 1.55. The number of methoxy groups -OCH3 is 1. The fourth-order valence-corrected chi connectivity index (χ4v) is 1.55. The van der Waals surface area contributed by atoms with E-state index in [1.807, 2.05) is 0 Å². The summed E-state index contributed by atoms with van der Waals surface area (Å²) < 4.78 is 23.5. The summed E-state index contributed by atoms with van der Waals surface area (Å²) in [5.41, 5.74) is 0.733. The van der Waals surface area contributed by atoms with E-state index < -0.39 is 11.8 Å². The van der Waals surface area contributed by atoms with Crippen molar-refractivity contribution in [2.45, 2.75) is 13.3 Å². The number of esters is 1. The molecule has 0 fully saturated rings. The van der Waals surface area contributed by atoms with Crippen LogP contribution in [-0.4, -0.2) is 18.1 Å². The van der Waals surface area contributed by atoms with Crippen LogP contribution in [-0.2, 0) is 16.0 Å². The summed E-state index contributed by atoms with van der Waals surface area (Å²) in [7, 11) is 1.30. The molecule has 0 aliphatic heterocycles. The minimum atomic E-state index is -0.414. The molecule has 1 heterocycles. The summed E-state index contributed by atoms with van der Waals surface area (Å²) in [6.45, 7) is 1.68. The Hall–Kier alpha value is -2.17. The highest BCUT2D eigenvalue weighted by atomic mass is 19.1. The van der Waals surface area contributed by atoms with Gasteiger partial charge in [0.15, 0.2) is 0 Å². The number of ether oxygens (including phenoxy) is 1. The molecule has 0 amide bonds. The van der Waals surface area contributed by atoms with Crippen LogP contribution in [0.5, 0.6) is 0 Å². The van der Waals surface area contributed by atoms with Gasteiger partial charge in [-0.05, 0) is 19.1 Å². The lowest BCUT2D eigenvalue weighted by Gasteiger charge is -1.96. The van der Waals surface area contributed by atoms with Crippen molar-refractivity contribution in [3.05, 3.63) is 41.5 Å². The largest absolute Gasteiger partial charge is 0.469 e. The minimum Gasteiger partial charge on any atom is -0.469 e. The Morgan fingerprint density at radius 1 is 1.44 bits per heavy atom. The Balaban J connectivity index is 2.34. The molecule has 0 atom stereocenters. The number of aryl methyl sites for hydroxylation is 1. The Kier molecular flexibility index (Phi) is 3.41. The maximum Gasteiger partial charge on any atom is 0.311 e. The van der Waals surface area contributed by atoms with Crippen molar-refractivity contribution in [1.82, 2.24) is 4.98 Å². The Labute approximate surface area is 103 Å². The first-order valence-corrected chi connectivity index (χ1v) is 5.40. The van der Waals surface area contributed by atoms with Crippen molar-refractivity contribution >= 4 is 5.97 Å². The van der Waals surface area contributed by atoms with Crippen LogP contribution < -0.4 is 0 Å². The number of oxazole rings is 1. The average molecular weight is 249 g/mol. The number of rotatable bonds is 3. The number of carbonyl (C=O) groups excluding carboxylic acids is 1. The third-order valence-electron chi connectivity index (χ3n) is 2.54. The summed E-state index contributed by atoms with van der Waals surface area (Å²) in [5.74, 6) is -0.169. The molecule has 0 spiro atoms. The smallest absolute Gasteiger partial charge is 0.311 e. The first-order valence-electron chi connectivity index (χ1n) is 5.40. The maximum absolute atomic E-state index is 13.6. The van der Waals surface area contributed by atoms with Gasteiger partial charge in [-0.25, -0.2) is 9.37 Å². The lowest BCUT2D eigenvalue weighted by atomic mass is 10.2. The fraction of sp³-hybridized carbons (Fsp3) is 0.231. The highest BCUT2D eigenvalue weighted by Crippen LogP contribution is 2.24. The van der Waals surface area contributed by atoms with Crippen molar-refractivity contribution in [3.63, 3.8) is 0 Å². The van der Waals surface area contributed by atoms with Gasteiger partial charge in [0.05, 0.1) is 24.8 Å². The molecule has 0 aliphatic carbocycles. The van der Waals surface area contributed by atoms with Gasteiger partial charge in [-0.2, -0.15) is 0 Å². The molecule has 1 aromatic heterocycles. The molecule has 1 aromatic carbocycles. The number of hydrogen-bond donors (Lipinski definition) is 0. The molecule has 0 saturated heterocycles. The van der Waals surface area contributed by atoms with E-state index in [2.05, 4.69) is 9.72 Å². The van der Waals surface area contributed by atoms with Crippen LogP contribution in [0.4, 0.5) is 4.39 Å². The molecule has 0 aliphatic rings. The molecular weight excluding hydrogens is 237 g/mol. The van der Waals surface area contributed by atoms with E-state index in [-0.39, 0.29) is 17.9 Å². The number of carbonyl (C=O) groups is 1. The van der Waals surface area contributed by atoms with Crippen molar-refractivity contribution in [2.75, 3.05) is 7.11 Å². The normalized spacial score (nSPS) is 10.4. The molecular formula is C13H12FNO3. The van der Waals surface area contributed by atoms with Gasteiger partial charge in [0.1, 0.15) is 11.6 Å². The Bertz CT molecular complexity index is 577. The van der Waals surface area contributed by atoms with Gasteiger partial charge in [-0.15, -0.1) is 0 Å². The van der Waals surface area contributed by atoms with Gasteiger partial charge < -0.3 is 9.15 Å². The molecule has 0 N–H and O–H groups in total. The predicted molar refractivity (Wildman–Crippen MR) is 62.4 cm³/mol. The van der Waals surface area contributed by atoms with E-state index >= 15 is 0 Å². The zero-order chi connectivity index (χ0) is 13.1. The molecule has 0 saturated carbocycles. The Morgan fingerprint density at radius 2 is 2.17 bits per heavy atom. The van der Waals surface area contributed by atoms with Crippen molar-refractivity contribution in [2.24, 2.45) is 0 Å².